The molecule has 0 saturated heterocycles. The van der Waals surface area contributed by atoms with Crippen LogP contribution in [-0.4, -0.2) is 25.9 Å². The molecule has 0 unspecified atom stereocenters. The number of benzene rings is 2. The minimum absolute atomic E-state index is 0.0110. The lowest BCUT2D eigenvalue weighted by molar-refractivity contribution is 0.0953. The monoisotopic (exact) mass is 476 g/mol. The second-order valence-electron chi connectivity index (χ2n) is 6.45. The van der Waals surface area contributed by atoms with Crippen LogP contribution in [0.25, 0.3) is 0 Å². The molecule has 3 aromatic rings. The number of amides is 1. The molecule has 3 rings (SSSR count). The molecule has 0 saturated carbocycles. The van der Waals surface area contributed by atoms with Crippen LogP contribution in [0.5, 0.6) is 0 Å². The summed E-state index contributed by atoms with van der Waals surface area (Å²) in [7, 11) is -3.91. The highest BCUT2D eigenvalue weighted by Crippen LogP contribution is 2.29. The summed E-state index contributed by atoms with van der Waals surface area (Å²) in [5.41, 5.74) is 1.08. The third kappa shape index (κ3) is 4.89. The summed E-state index contributed by atoms with van der Waals surface area (Å²) in [6, 6.07) is 13.6. The van der Waals surface area contributed by atoms with Crippen LogP contribution in [0.1, 0.15) is 26.7 Å². The van der Waals surface area contributed by atoms with Crippen LogP contribution < -0.4 is 5.32 Å². The lowest BCUT2D eigenvalue weighted by Gasteiger charge is -2.19. The molecule has 1 aromatic heterocycles. The van der Waals surface area contributed by atoms with Gasteiger partial charge >= 0.3 is 0 Å². The molecule has 0 aliphatic rings. The molecule has 1 amide bonds. The first-order chi connectivity index (χ1) is 13.8. The molecular weight excluding hydrogens is 459 g/mol. The maximum Gasteiger partial charge on any atom is 0.251 e. The first-order valence-corrected chi connectivity index (χ1v) is 11.1. The van der Waals surface area contributed by atoms with Gasteiger partial charge in [-0.15, -0.1) is 0 Å². The summed E-state index contributed by atoms with van der Waals surface area (Å²) in [4.78, 5) is 16.5. The fourth-order valence-electron chi connectivity index (χ4n) is 2.82. The van der Waals surface area contributed by atoms with E-state index >= 15 is 0 Å². The molecular formula is C21H18BrFN2O3S. The van der Waals surface area contributed by atoms with Crippen LogP contribution in [-0.2, 0) is 9.84 Å². The van der Waals surface area contributed by atoms with Gasteiger partial charge in [0.1, 0.15) is 11.1 Å². The lowest BCUT2D eigenvalue weighted by atomic mass is 10.2. The van der Waals surface area contributed by atoms with Gasteiger partial charge in [-0.3, -0.25) is 9.78 Å². The first kappa shape index (κ1) is 21.1. The molecule has 0 aliphatic heterocycles. The largest absolute Gasteiger partial charge is 0.350 e. The summed E-state index contributed by atoms with van der Waals surface area (Å²) in [6.07, 6.45) is 2.99. The Balaban J connectivity index is 1.91. The summed E-state index contributed by atoms with van der Waals surface area (Å²) in [6.45, 7) is 1.35. The van der Waals surface area contributed by atoms with Crippen LogP contribution in [0.3, 0.4) is 0 Å². The number of nitrogens with zero attached hydrogens (tertiary/aromatic N) is 1. The molecule has 5 nitrogen and oxygen atoms in total. The number of aryl methyl sites for hydroxylation is 1. The number of nitrogens with one attached hydrogen (secondary N) is 1. The maximum atomic E-state index is 13.6. The van der Waals surface area contributed by atoms with Crippen molar-refractivity contribution in [2.24, 2.45) is 0 Å². The van der Waals surface area contributed by atoms with E-state index in [4.69, 9.17) is 0 Å². The van der Waals surface area contributed by atoms with Crippen LogP contribution in [0.15, 0.2) is 76.4 Å². The summed E-state index contributed by atoms with van der Waals surface area (Å²) < 4.78 is 41.0. The molecule has 1 heterocycles. The number of pyridine rings is 1. The Hall–Kier alpha value is -2.58. The molecule has 8 heteroatoms. The van der Waals surface area contributed by atoms with Crippen molar-refractivity contribution in [3.8, 4) is 0 Å². The van der Waals surface area contributed by atoms with Crippen LogP contribution in [0, 0.1) is 12.7 Å². The molecule has 2 aromatic carbocycles. The molecule has 0 radical (unpaired) electrons. The number of halogens is 2. The predicted molar refractivity (Wildman–Crippen MR) is 112 cm³/mol. The maximum absolute atomic E-state index is 13.6. The number of sulfone groups is 1. The van der Waals surface area contributed by atoms with Crippen molar-refractivity contribution in [1.82, 2.24) is 10.3 Å². The number of carbonyl (C=O) groups is 1. The fraction of sp³-hybridized carbons (Fsp3) is 0.143. The zero-order valence-corrected chi connectivity index (χ0v) is 17.9. The lowest BCUT2D eigenvalue weighted by Crippen LogP contribution is -2.32. The normalized spacial score (nSPS) is 12.4. The van der Waals surface area contributed by atoms with Crippen LogP contribution >= 0.6 is 15.9 Å². The van der Waals surface area contributed by atoms with E-state index in [1.165, 1.54) is 31.5 Å². The van der Waals surface area contributed by atoms with Gasteiger partial charge in [0, 0.05) is 29.0 Å². The zero-order chi connectivity index (χ0) is 21.0. The molecule has 29 heavy (non-hydrogen) atoms. The van der Waals surface area contributed by atoms with Crippen molar-refractivity contribution in [3.05, 3.63) is 94.0 Å². The number of rotatable bonds is 6. The van der Waals surface area contributed by atoms with Crippen LogP contribution in [0.2, 0.25) is 0 Å². The Morgan fingerprint density at radius 3 is 2.52 bits per heavy atom. The third-order valence-corrected chi connectivity index (χ3v) is 7.07. The van der Waals surface area contributed by atoms with E-state index in [-0.39, 0.29) is 17.0 Å². The predicted octanol–water partition coefficient (Wildman–Crippen LogP) is 4.24. The van der Waals surface area contributed by atoms with E-state index in [0.29, 0.717) is 11.1 Å². The van der Waals surface area contributed by atoms with Crippen molar-refractivity contribution < 1.29 is 17.6 Å². The van der Waals surface area contributed by atoms with Crippen molar-refractivity contribution in [2.75, 3.05) is 6.54 Å². The van der Waals surface area contributed by atoms with Gasteiger partial charge in [0.2, 0.25) is 0 Å². The summed E-state index contributed by atoms with van der Waals surface area (Å²) >= 11 is 3.31. The highest BCUT2D eigenvalue weighted by atomic mass is 79.9. The molecule has 0 aliphatic carbocycles. The molecule has 0 spiro atoms. The minimum atomic E-state index is -3.91. The number of aromatic nitrogens is 1. The molecule has 150 valence electrons. The molecule has 1 atom stereocenters. The number of carbonyl (C=O) groups excluding carboxylic acids is 1. The Bertz CT molecular complexity index is 1120. The van der Waals surface area contributed by atoms with Crippen molar-refractivity contribution in [3.63, 3.8) is 0 Å². The van der Waals surface area contributed by atoms with E-state index in [9.17, 15) is 17.6 Å². The van der Waals surface area contributed by atoms with Crippen molar-refractivity contribution in [2.45, 2.75) is 17.1 Å². The average Bonchev–Trinajstić information content (AvgIpc) is 2.71. The van der Waals surface area contributed by atoms with Gasteiger partial charge in [-0.1, -0.05) is 22.0 Å². The minimum Gasteiger partial charge on any atom is -0.350 e. The summed E-state index contributed by atoms with van der Waals surface area (Å²) in [5.74, 6) is -0.873. The quantitative estimate of drug-likeness (QED) is 0.539. The topological polar surface area (TPSA) is 76.1 Å². The highest BCUT2D eigenvalue weighted by Gasteiger charge is 2.30. The van der Waals surface area contributed by atoms with Gasteiger partial charge in [-0.2, -0.15) is 0 Å². The van der Waals surface area contributed by atoms with Gasteiger partial charge in [-0.25, -0.2) is 12.8 Å². The van der Waals surface area contributed by atoms with Gasteiger partial charge in [-0.05, 0) is 66.6 Å². The second kappa shape index (κ2) is 8.84. The number of hydrogen-bond donors (Lipinski definition) is 1. The van der Waals surface area contributed by atoms with Crippen LogP contribution in [0.4, 0.5) is 4.39 Å². The first-order valence-electron chi connectivity index (χ1n) is 8.73. The van der Waals surface area contributed by atoms with E-state index < -0.39 is 26.8 Å². The molecule has 1 N–H and O–H groups in total. The Labute approximate surface area is 177 Å². The Morgan fingerprint density at radius 1 is 1.17 bits per heavy atom. The molecule has 0 bridgehead atoms. The van der Waals surface area contributed by atoms with E-state index in [1.54, 1.807) is 36.4 Å². The van der Waals surface area contributed by atoms with Gasteiger partial charge in [0.15, 0.2) is 9.84 Å². The van der Waals surface area contributed by atoms with Gasteiger partial charge in [0.05, 0.1) is 4.90 Å². The SMILES string of the molecule is Cc1cc(S(=O)(=O)[C@@H](CNC(=O)c2ccc(Br)cc2)c2cccnc2)ccc1F. The third-order valence-electron chi connectivity index (χ3n) is 4.44. The van der Waals surface area contributed by atoms with E-state index in [2.05, 4.69) is 26.2 Å². The van der Waals surface area contributed by atoms with Gasteiger partial charge in [0.25, 0.3) is 5.91 Å². The smallest absolute Gasteiger partial charge is 0.251 e. The van der Waals surface area contributed by atoms with Crippen molar-refractivity contribution >= 4 is 31.7 Å². The number of hydrogen-bond acceptors (Lipinski definition) is 4. The Morgan fingerprint density at radius 2 is 1.90 bits per heavy atom. The average molecular weight is 477 g/mol. The molecule has 0 fully saturated rings. The summed E-state index contributed by atoms with van der Waals surface area (Å²) in [5, 5.41) is 1.61. The standard InChI is InChI=1S/C21H18BrFN2O3S/c1-14-11-18(8-9-19(14)23)29(27,28)20(16-3-2-10-24-12-16)13-25-21(26)15-4-6-17(22)7-5-15/h2-12,20H,13H2,1H3,(H,25,26)/t20-/m0/s1. The second-order valence-corrected chi connectivity index (χ2v) is 9.49. The fourth-order valence-corrected chi connectivity index (χ4v) is 4.81. The Kier molecular flexibility index (Phi) is 6.44. The highest BCUT2D eigenvalue weighted by molar-refractivity contribution is 9.10. The van der Waals surface area contributed by atoms with E-state index in [0.717, 1.165) is 10.5 Å². The van der Waals surface area contributed by atoms with Gasteiger partial charge < -0.3 is 5.32 Å². The zero-order valence-electron chi connectivity index (χ0n) is 15.5. The van der Waals surface area contributed by atoms with E-state index in [1.807, 2.05) is 0 Å². The van der Waals surface area contributed by atoms with Crippen molar-refractivity contribution in [1.29, 1.82) is 0 Å².